The predicted molar refractivity (Wildman–Crippen MR) is 48.4 cm³/mol. The number of rotatable bonds is 2. The number of phosphoric acid groups is 1. The average Bonchev–Trinajstić information content (AvgIpc) is 1.96. The normalized spacial score (nSPS) is 31.9. The van der Waals surface area contributed by atoms with E-state index < -0.39 is 7.82 Å². The Balaban J connectivity index is 0. The van der Waals surface area contributed by atoms with Crippen LogP contribution in [0.2, 0.25) is 0 Å². The zero-order valence-corrected chi connectivity index (χ0v) is 14.4. The number of hydrogen-bond acceptors (Lipinski definition) is 4. The van der Waals surface area contributed by atoms with Gasteiger partial charge in [0.1, 0.15) is 0 Å². The summed E-state index contributed by atoms with van der Waals surface area (Å²) in [5, 5.41) is 0. The molecule has 1 aliphatic rings. The van der Waals surface area contributed by atoms with Gasteiger partial charge in [-0.25, -0.2) is 17.3 Å². The molecule has 0 bridgehead atoms. The van der Waals surface area contributed by atoms with Crippen LogP contribution < -0.4 is 0 Å². The van der Waals surface area contributed by atoms with Gasteiger partial charge in [0.25, 0.3) is 0 Å². The van der Waals surface area contributed by atoms with Crippen LogP contribution in [0.1, 0.15) is 27.7 Å². The van der Waals surface area contributed by atoms with Crippen LogP contribution in [-0.2, 0) is 57.8 Å². The topological polar surface area (TPSA) is 44.8 Å². The van der Waals surface area contributed by atoms with Crippen molar-refractivity contribution < 1.29 is 57.8 Å². The van der Waals surface area contributed by atoms with E-state index in [0.29, 0.717) is 6.10 Å². The summed E-state index contributed by atoms with van der Waals surface area (Å²) in [7, 11) is -3.36. The Morgan fingerprint density at radius 2 is 2.07 bits per heavy atom. The first kappa shape index (κ1) is 18.7. The molecule has 7 heteroatoms. The third-order valence-electron chi connectivity index (χ3n) is 1.63. The predicted octanol–water partition coefficient (Wildman–Crippen LogP) is 2.91. The van der Waals surface area contributed by atoms with E-state index in [-0.39, 0.29) is 51.6 Å². The Labute approximate surface area is 118 Å². The maximum absolute atomic E-state index is 11.7. The molecule has 0 aromatic heterocycles. The van der Waals surface area contributed by atoms with Gasteiger partial charge in [0.05, 0.1) is 6.10 Å². The largest absolute Gasteiger partial charge is 0.468 e. The van der Waals surface area contributed by atoms with Crippen molar-refractivity contribution in [3.05, 3.63) is 12.7 Å². The van der Waals surface area contributed by atoms with Crippen molar-refractivity contribution in [1.82, 2.24) is 0 Å². The van der Waals surface area contributed by atoms with Gasteiger partial charge in [0, 0.05) is 39.6 Å². The van der Waals surface area contributed by atoms with E-state index in [1.165, 1.54) is 6.61 Å². The molecule has 89 valence electrons. The third kappa shape index (κ3) is 6.03. The van der Waals surface area contributed by atoms with Crippen LogP contribution in [-0.4, -0.2) is 6.10 Å². The van der Waals surface area contributed by atoms with Gasteiger partial charge in [-0.05, 0) is 13.8 Å². The van der Waals surface area contributed by atoms with E-state index in [1.54, 1.807) is 20.8 Å². The van der Waals surface area contributed by atoms with E-state index >= 15 is 0 Å². The molecular formula is C8H15O4PVW-2. The van der Waals surface area contributed by atoms with Crippen LogP contribution in [0, 0.1) is 18.6 Å². The molecule has 0 N–H and O–H groups in total. The second-order valence-electron chi connectivity index (χ2n) is 3.33. The molecule has 0 aromatic rings. The Kier molecular flexibility index (Phi) is 9.57. The number of hydrogen-bond donors (Lipinski definition) is 0. The fraction of sp³-hybridized carbons (Fsp3) is 0.750. The van der Waals surface area contributed by atoms with Gasteiger partial charge in [-0.2, -0.15) is 6.92 Å². The summed E-state index contributed by atoms with van der Waals surface area (Å²) in [4.78, 5) is 0. The average molecular weight is 441 g/mol. The molecule has 4 nitrogen and oxygen atoms in total. The van der Waals surface area contributed by atoms with Crippen molar-refractivity contribution in [2.75, 3.05) is 0 Å². The fourth-order valence-electron chi connectivity index (χ4n) is 0.847. The Morgan fingerprint density at radius 1 is 1.53 bits per heavy atom. The summed E-state index contributed by atoms with van der Waals surface area (Å²) in [6.45, 7) is 8.70. The molecule has 1 aliphatic heterocycles. The first-order valence-electron chi connectivity index (χ1n) is 4.26. The second kappa shape index (κ2) is 7.66. The monoisotopic (exact) mass is 441 g/mol. The van der Waals surface area contributed by atoms with Gasteiger partial charge in [-0.1, -0.05) is 0 Å². The van der Waals surface area contributed by atoms with Crippen LogP contribution in [0.5, 0.6) is 0 Å². The zero-order chi connectivity index (χ0) is 10.1. The molecule has 0 aliphatic carbocycles. The van der Waals surface area contributed by atoms with Crippen molar-refractivity contribution in [1.29, 1.82) is 0 Å². The summed E-state index contributed by atoms with van der Waals surface area (Å²) in [5.41, 5.74) is 0. The Morgan fingerprint density at radius 3 is 2.47 bits per heavy atom. The van der Waals surface area contributed by atoms with Gasteiger partial charge in [0.2, 0.25) is 0 Å². The molecule has 15 heavy (non-hydrogen) atoms. The summed E-state index contributed by atoms with van der Waals surface area (Å²) >= 11 is 0. The van der Waals surface area contributed by atoms with Gasteiger partial charge in [-0.15, -0.1) is 6.92 Å². The first-order valence-corrected chi connectivity index (χ1v) is 5.72. The molecular weight excluding hydrogens is 426 g/mol. The first-order chi connectivity index (χ1) is 5.93. The van der Waals surface area contributed by atoms with Crippen molar-refractivity contribution in [3.63, 3.8) is 0 Å². The van der Waals surface area contributed by atoms with E-state index in [0.717, 1.165) is 0 Å². The van der Waals surface area contributed by atoms with Crippen LogP contribution in [0.4, 0.5) is 0 Å². The van der Waals surface area contributed by atoms with E-state index in [1.807, 2.05) is 6.92 Å². The standard InChI is InChI=1S/C8H15O4P.V.W/c1-6(2)11-13(9)10-5-7(3)8(4)12-13;;/h5-7H,1-4H3;;/q-2;;. The van der Waals surface area contributed by atoms with Crippen molar-refractivity contribution >= 4 is 7.82 Å². The molecule has 1 heterocycles. The summed E-state index contributed by atoms with van der Waals surface area (Å²) in [6, 6.07) is 0. The zero-order valence-electron chi connectivity index (χ0n) is 9.17. The molecule has 1 saturated heterocycles. The molecule has 0 spiro atoms. The second-order valence-corrected chi connectivity index (χ2v) is 4.83. The van der Waals surface area contributed by atoms with Crippen molar-refractivity contribution in [2.24, 2.45) is 5.92 Å². The Bertz CT molecular complexity index is 227. The summed E-state index contributed by atoms with van der Waals surface area (Å²) in [5.74, 6) is 0.0536. The van der Waals surface area contributed by atoms with Gasteiger partial charge < -0.3 is 9.05 Å². The number of phosphoric ester groups is 1. The fourth-order valence-corrected chi connectivity index (χ4v) is 2.35. The minimum atomic E-state index is -3.36. The van der Waals surface area contributed by atoms with Crippen LogP contribution in [0.25, 0.3) is 0 Å². The third-order valence-corrected chi connectivity index (χ3v) is 3.20. The van der Waals surface area contributed by atoms with Gasteiger partial charge in [-0.3, -0.25) is 10.4 Å². The van der Waals surface area contributed by atoms with Crippen LogP contribution in [0.3, 0.4) is 0 Å². The van der Waals surface area contributed by atoms with Crippen LogP contribution in [0.15, 0.2) is 0 Å². The molecule has 1 radical (unpaired) electrons. The molecule has 0 amide bonds. The summed E-state index contributed by atoms with van der Waals surface area (Å²) < 4.78 is 26.8. The quantitative estimate of drug-likeness (QED) is 0.489. The van der Waals surface area contributed by atoms with E-state index in [2.05, 4.69) is 0 Å². The molecule has 0 saturated carbocycles. The summed E-state index contributed by atoms with van der Waals surface area (Å²) in [6.07, 6.45) is 0.482. The SMILES string of the molecule is C[C-]1OP(=O)(OC(C)C)O[CH-]C1C.[V].[W]. The molecule has 2 unspecified atom stereocenters. The maximum Gasteiger partial charge on any atom is 0.413 e. The minimum absolute atomic E-state index is 0. The molecule has 1 rings (SSSR count). The van der Waals surface area contributed by atoms with Gasteiger partial charge >= 0.3 is 7.82 Å². The Hall–Kier alpha value is 1.38. The van der Waals surface area contributed by atoms with Gasteiger partial charge in [0.15, 0.2) is 0 Å². The molecule has 1 fully saturated rings. The van der Waals surface area contributed by atoms with E-state index in [9.17, 15) is 4.57 Å². The van der Waals surface area contributed by atoms with Crippen LogP contribution >= 0.6 is 7.82 Å². The van der Waals surface area contributed by atoms with E-state index in [4.69, 9.17) is 13.6 Å². The van der Waals surface area contributed by atoms with Crippen molar-refractivity contribution in [2.45, 2.75) is 33.8 Å². The minimum Gasteiger partial charge on any atom is -0.468 e. The van der Waals surface area contributed by atoms with Crippen molar-refractivity contribution in [3.8, 4) is 0 Å². The maximum atomic E-state index is 11.7. The smallest absolute Gasteiger partial charge is 0.413 e. The molecule has 2 atom stereocenters. The molecule has 0 aromatic carbocycles.